The topological polar surface area (TPSA) is 66.4 Å². The van der Waals surface area contributed by atoms with Crippen molar-refractivity contribution in [2.75, 3.05) is 11.1 Å². The molecule has 0 heterocycles. The summed E-state index contributed by atoms with van der Waals surface area (Å²) in [6, 6.07) is 13.5. The monoisotopic (exact) mass is 343 g/mol. The second-order valence-electron chi connectivity index (χ2n) is 5.70. The van der Waals surface area contributed by atoms with Crippen molar-refractivity contribution >= 4 is 29.3 Å². The number of nitrogens with one attached hydrogen (secondary N) is 1. The number of rotatable bonds is 7. The predicted molar refractivity (Wildman–Crippen MR) is 97.7 cm³/mol. The molecular weight excluding hydrogens is 322 g/mol. The highest BCUT2D eigenvalue weighted by Crippen LogP contribution is 2.23. The van der Waals surface area contributed by atoms with Crippen LogP contribution in [0.2, 0.25) is 0 Å². The van der Waals surface area contributed by atoms with Gasteiger partial charge >= 0.3 is 5.97 Å². The van der Waals surface area contributed by atoms with E-state index in [0.29, 0.717) is 17.9 Å². The van der Waals surface area contributed by atoms with E-state index in [0.717, 1.165) is 16.0 Å². The summed E-state index contributed by atoms with van der Waals surface area (Å²) in [5, 5.41) is 11.6. The van der Waals surface area contributed by atoms with Gasteiger partial charge in [-0.2, -0.15) is 0 Å². The van der Waals surface area contributed by atoms with Gasteiger partial charge in [-0.3, -0.25) is 9.59 Å². The molecule has 4 nitrogen and oxygen atoms in total. The minimum Gasteiger partial charge on any atom is -0.481 e. The van der Waals surface area contributed by atoms with Crippen LogP contribution in [-0.2, 0) is 16.0 Å². The molecule has 0 radical (unpaired) electrons. The Bertz CT molecular complexity index is 743. The molecule has 1 amide bonds. The first-order valence-corrected chi connectivity index (χ1v) is 8.73. The summed E-state index contributed by atoms with van der Waals surface area (Å²) in [4.78, 5) is 23.9. The minimum absolute atomic E-state index is 0.0729. The Kier molecular flexibility index (Phi) is 6.44. The molecule has 24 heavy (non-hydrogen) atoms. The van der Waals surface area contributed by atoms with Crippen LogP contribution < -0.4 is 5.32 Å². The zero-order chi connectivity index (χ0) is 17.5. The van der Waals surface area contributed by atoms with Crippen molar-refractivity contribution in [3.63, 3.8) is 0 Å². The summed E-state index contributed by atoms with van der Waals surface area (Å²) in [6.07, 6.45) is 0.538. The van der Waals surface area contributed by atoms with Gasteiger partial charge in [0.2, 0.25) is 5.91 Å². The van der Waals surface area contributed by atoms with Gasteiger partial charge in [0, 0.05) is 17.0 Å². The highest BCUT2D eigenvalue weighted by atomic mass is 32.2. The minimum atomic E-state index is -0.825. The molecule has 0 bridgehead atoms. The number of amides is 1. The van der Waals surface area contributed by atoms with Crippen molar-refractivity contribution in [2.24, 2.45) is 0 Å². The van der Waals surface area contributed by atoms with Crippen LogP contribution in [0.5, 0.6) is 0 Å². The Morgan fingerprint density at radius 2 is 1.92 bits per heavy atom. The Labute approximate surface area is 146 Å². The molecule has 0 fully saturated rings. The third-order valence-electron chi connectivity index (χ3n) is 3.54. The smallest absolute Gasteiger partial charge is 0.303 e. The van der Waals surface area contributed by atoms with Gasteiger partial charge in [0.25, 0.3) is 0 Å². The van der Waals surface area contributed by atoms with E-state index < -0.39 is 5.97 Å². The Morgan fingerprint density at radius 3 is 2.67 bits per heavy atom. The van der Waals surface area contributed by atoms with Crippen molar-refractivity contribution in [1.29, 1.82) is 0 Å². The quantitative estimate of drug-likeness (QED) is 0.744. The van der Waals surface area contributed by atoms with Gasteiger partial charge < -0.3 is 10.4 Å². The van der Waals surface area contributed by atoms with Crippen LogP contribution in [0.15, 0.2) is 47.4 Å². The van der Waals surface area contributed by atoms with E-state index in [4.69, 9.17) is 5.11 Å². The zero-order valence-corrected chi connectivity index (χ0v) is 14.7. The number of carbonyl (C=O) groups is 2. The van der Waals surface area contributed by atoms with Crippen LogP contribution in [-0.4, -0.2) is 22.7 Å². The van der Waals surface area contributed by atoms with E-state index in [1.807, 2.05) is 38.1 Å². The van der Waals surface area contributed by atoms with Gasteiger partial charge in [-0.15, -0.1) is 11.8 Å². The van der Waals surface area contributed by atoms with Gasteiger partial charge in [-0.05, 0) is 49.6 Å². The fourth-order valence-corrected chi connectivity index (χ4v) is 3.18. The lowest BCUT2D eigenvalue weighted by Crippen LogP contribution is -2.14. The summed E-state index contributed by atoms with van der Waals surface area (Å²) in [6.45, 7) is 4.07. The van der Waals surface area contributed by atoms with Gasteiger partial charge in [0.1, 0.15) is 0 Å². The molecule has 2 rings (SSSR count). The van der Waals surface area contributed by atoms with Crippen molar-refractivity contribution in [3.05, 3.63) is 59.2 Å². The number of hydrogen-bond acceptors (Lipinski definition) is 3. The first-order chi connectivity index (χ1) is 11.4. The van der Waals surface area contributed by atoms with Crippen molar-refractivity contribution in [3.8, 4) is 0 Å². The lowest BCUT2D eigenvalue weighted by Gasteiger charge is -2.09. The normalized spacial score (nSPS) is 10.4. The third-order valence-corrected chi connectivity index (χ3v) is 4.70. The van der Waals surface area contributed by atoms with Crippen molar-refractivity contribution < 1.29 is 14.7 Å². The van der Waals surface area contributed by atoms with Crippen LogP contribution in [0, 0.1) is 13.8 Å². The summed E-state index contributed by atoms with van der Waals surface area (Å²) in [5.74, 6) is -0.561. The number of benzene rings is 2. The fourth-order valence-electron chi connectivity index (χ4n) is 2.26. The van der Waals surface area contributed by atoms with E-state index in [9.17, 15) is 9.59 Å². The van der Waals surface area contributed by atoms with Crippen LogP contribution in [0.4, 0.5) is 5.69 Å². The molecule has 0 atom stereocenters. The number of thioether (sulfide) groups is 1. The van der Waals surface area contributed by atoms with Gasteiger partial charge in [-0.25, -0.2) is 0 Å². The Morgan fingerprint density at radius 1 is 1.12 bits per heavy atom. The summed E-state index contributed by atoms with van der Waals surface area (Å²) >= 11 is 1.52. The highest BCUT2D eigenvalue weighted by molar-refractivity contribution is 8.00. The van der Waals surface area contributed by atoms with E-state index in [1.165, 1.54) is 17.3 Å². The largest absolute Gasteiger partial charge is 0.481 e. The number of aliphatic carboxylic acids is 1. The van der Waals surface area contributed by atoms with Gasteiger partial charge in [0.05, 0.1) is 5.75 Å². The molecule has 0 aromatic heterocycles. The second-order valence-corrected chi connectivity index (χ2v) is 6.72. The number of carboxylic acid groups (broad SMARTS) is 1. The maximum Gasteiger partial charge on any atom is 0.303 e. The van der Waals surface area contributed by atoms with E-state index >= 15 is 0 Å². The summed E-state index contributed by atoms with van der Waals surface area (Å²) in [5.41, 5.74) is 3.94. The standard InChI is InChI=1S/C19H21NO3S/c1-13-6-7-14(2)17(10-13)24-12-18(21)20-16-5-3-4-15(11-16)8-9-19(22)23/h3-7,10-11H,8-9,12H2,1-2H3,(H,20,21)(H,22,23). The molecule has 2 aromatic carbocycles. The van der Waals surface area contributed by atoms with Crippen molar-refractivity contribution in [2.45, 2.75) is 31.6 Å². The molecule has 0 aliphatic rings. The van der Waals surface area contributed by atoms with E-state index in [1.54, 1.807) is 0 Å². The van der Waals surface area contributed by atoms with E-state index in [-0.39, 0.29) is 12.3 Å². The lowest BCUT2D eigenvalue weighted by molar-refractivity contribution is -0.137. The van der Waals surface area contributed by atoms with Crippen LogP contribution in [0.25, 0.3) is 0 Å². The Hall–Kier alpha value is -2.27. The molecule has 0 spiro atoms. The average Bonchev–Trinajstić information content (AvgIpc) is 2.54. The molecule has 5 heteroatoms. The summed E-state index contributed by atoms with van der Waals surface area (Å²) in [7, 11) is 0. The van der Waals surface area contributed by atoms with Gasteiger partial charge in [-0.1, -0.05) is 29.8 Å². The Balaban J connectivity index is 1.91. The van der Waals surface area contributed by atoms with Crippen LogP contribution >= 0.6 is 11.8 Å². The number of hydrogen-bond donors (Lipinski definition) is 2. The molecule has 2 N–H and O–H groups in total. The zero-order valence-electron chi connectivity index (χ0n) is 13.8. The van der Waals surface area contributed by atoms with Crippen LogP contribution in [0.1, 0.15) is 23.1 Å². The maximum atomic E-state index is 12.1. The molecule has 0 saturated carbocycles. The SMILES string of the molecule is Cc1ccc(C)c(SCC(=O)Nc2cccc(CCC(=O)O)c2)c1. The molecule has 0 aliphatic heterocycles. The molecule has 0 saturated heterocycles. The number of carbonyl (C=O) groups excluding carboxylic acids is 1. The third kappa shape index (κ3) is 5.74. The number of carboxylic acids is 1. The summed E-state index contributed by atoms with van der Waals surface area (Å²) < 4.78 is 0. The molecule has 0 unspecified atom stereocenters. The second kappa shape index (κ2) is 8.55. The first kappa shape index (κ1) is 18.1. The number of anilines is 1. The maximum absolute atomic E-state index is 12.1. The first-order valence-electron chi connectivity index (χ1n) is 7.74. The van der Waals surface area contributed by atoms with Gasteiger partial charge in [0.15, 0.2) is 0 Å². The highest BCUT2D eigenvalue weighted by Gasteiger charge is 2.07. The molecule has 0 aliphatic carbocycles. The molecular formula is C19H21NO3S. The average molecular weight is 343 g/mol. The number of aryl methyl sites for hydroxylation is 3. The lowest BCUT2D eigenvalue weighted by atomic mass is 10.1. The molecule has 126 valence electrons. The fraction of sp³-hybridized carbons (Fsp3) is 0.263. The van der Waals surface area contributed by atoms with E-state index in [2.05, 4.69) is 23.5 Å². The molecule has 2 aromatic rings. The predicted octanol–water partition coefficient (Wildman–Crippen LogP) is 4.05. The van der Waals surface area contributed by atoms with Crippen molar-refractivity contribution in [1.82, 2.24) is 0 Å². The van der Waals surface area contributed by atoms with Crippen LogP contribution in [0.3, 0.4) is 0 Å².